The third kappa shape index (κ3) is 1.56. The number of aliphatic hydroxyl groups excluding tert-OH is 1. The fourth-order valence-corrected chi connectivity index (χ4v) is 4.98. The summed E-state index contributed by atoms with van der Waals surface area (Å²) in [6, 6.07) is 0. The third-order valence-corrected chi connectivity index (χ3v) is 5.94. The topological polar surface area (TPSA) is 20.2 Å². The van der Waals surface area contributed by atoms with Gasteiger partial charge in [0.2, 0.25) is 0 Å². The molecule has 0 aliphatic heterocycles. The van der Waals surface area contributed by atoms with Crippen LogP contribution in [0.2, 0.25) is 0 Å². The fraction of sp³-hybridized carbons (Fsp3) is 0.765. The van der Waals surface area contributed by atoms with E-state index in [0.29, 0.717) is 6.61 Å². The van der Waals surface area contributed by atoms with Crippen molar-refractivity contribution in [2.24, 2.45) is 10.8 Å². The van der Waals surface area contributed by atoms with E-state index in [2.05, 4.69) is 19.9 Å². The van der Waals surface area contributed by atoms with Crippen LogP contribution in [0.5, 0.6) is 0 Å². The zero-order chi connectivity index (χ0) is 12.8. The van der Waals surface area contributed by atoms with Crippen molar-refractivity contribution in [1.29, 1.82) is 0 Å². The van der Waals surface area contributed by atoms with Crippen molar-refractivity contribution in [2.75, 3.05) is 6.61 Å². The first-order valence-electron chi connectivity index (χ1n) is 7.63. The standard InChI is InChI=1S/C17H26O/c1-13-6-5-9-16(2)14(13)8-11-17(12-18)10-4-3-7-15(16)17/h7,18H,3-6,8-12H2,1-2H3/t16-,17+/m0/s1. The monoisotopic (exact) mass is 246 g/mol. The van der Waals surface area contributed by atoms with E-state index in [9.17, 15) is 5.11 Å². The van der Waals surface area contributed by atoms with Gasteiger partial charge in [0.25, 0.3) is 0 Å². The second kappa shape index (κ2) is 4.23. The van der Waals surface area contributed by atoms with Crippen LogP contribution in [0, 0.1) is 10.8 Å². The first-order valence-corrected chi connectivity index (χ1v) is 7.63. The van der Waals surface area contributed by atoms with Crippen LogP contribution in [-0.2, 0) is 0 Å². The van der Waals surface area contributed by atoms with Gasteiger partial charge in [-0.3, -0.25) is 0 Å². The molecule has 0 aromatic carbocycles. The van der Waals surface area contributed by atoms with Gasteiger partial charge in [-0.25, -0.2) is 0 Å². The maximum absolute atomic E-state index is 9.99. The molecule has 1 nitrogen and oxygen atoms in total. The molecule has 0 saturated heterocycles. The van der Waals surface area contributed by atoms with Crippen LogP contribution >= 0.6 is 0 Å². The highest BCUT2D eigenvalue weighted by atomic mass is 16.3. The summed E-state index contributed by atoms with van der Waals surface area (Å²) < 4.78 is 0. The molecule has 0 spiro atoms. The Balaban J connectivity index is 2.11. The number of allylic oxidation sites excluding steroid dienone is 3. The molecule has 0 bridgehead atoms. The van der Waals surface area contributed by atoms with Gasteiger partial charge in [0.05, 0.1) is 6.61 Å². The lowest BCUT2D eigenvalue weighted by Crippen LogP contribution is -2.44. The summed E-state index contributed by atoms with van der Waals surface area (Å²) in [6.07, 6.45) is 12.5. The average Bonchev–Trinajstić information content (AvgIpc) is 2.38. The van der Waals surface area contributed by atoms with Gasteiger partial charge in [-0.15, -0.1) is 0 Å². The molecule has 100 valence electrons. The molecule has 1 saturated carbocycles. The van der Waals surface area contributed by atoms with Crippen molar-refractivity contribution in [2.45, 2.75) is 65.2 Å². The summed E-state index contributed by atoms with van der Waals surface area (Å²) >= 11 is 0. The SMILES string of the molecule is CC1=C2CC[C@@]3(CO)CCCC=C3[C@@]2(C)CCC1. The molecule has 1 heteroatoms. The van der Waals surface area contributed by atoms with E-state index in [-0.39, 0.29) is 10.8 Å². The van der Waals surface area contributed by atoms with Crippen molar-refractivity contribution in [1.82, 2.24) is 0 Å². The lowest BCUT2D eigenvalue weighted by molar-refractivity contribution is 0.0878. The van der Waals surface area contributed by atoms with E-state index >= 15 is 0 Å². The van der Waals surface area contributed by atoms with E-state index in [1.807, 2.05) is 0 Å². The highest BCUT2D eigenvalue weighted by Gasteiger charge is 2.50. The second-order valence-electron chi connectivity index (χ2n) is 6.89. The van der Waals surface area contributed by atoms with Crippen molar-refractivity contribution in [3.63, 3.8) is 0 Å². The first-order chi connectivity index (χ1) is 8.62. The smallest absolute Gasteiger partial charge is 0.0525 e. The summed E-state index contributed by atoms with van der Waals surface area (Å²) in [5, 5.41) is 9.99. The summed E-state index contributed by atoms with van der Waals surface area (Å²) in [5.74, 6) is 0. The molecule has 0 radical (unpaired) electrons. The second-order valence-corrected chi connectivity index (χ2v) is 6.89. The van der Waals surface area contributed by atoms with E-state index < -0.39 is 0 Å². The van der Waals surface area contributed by atoms with Crippen molar-refractivity contribution in [3.05, 3.63) is 22.8 Å². The van der Waals surface area contributed by atoms with E-state index in [1.54, 1.807) is 16.7 Å². The van der Waals surface area contributed by atoms with Gasteiger partial charge in [-0.2, -0.15) is 0 Å². The van der Waals surface area contributed by atoms with Crippen LogP contribution in [0.3, 0.4) is 0 Å². The molecule has 0 aromatic rings. The van der Waals surface area contributed by atoms with Crippen molar-refractivity contribution >= 4 is 0 Å². The van der Waals surface area contributed by atoms with Crippen molar-refractivity contribution in [3.8, 4) is 0 Å². The summed E-state index contributed by atoms with van der Waals surface area (Å²) in [4.78, 5) is 0. The van der Waals surface area contributed by atoms with Crippen LogP contribution in [0.4, 0.5) is 0 Å². The minimum absolute atomic E-state index is 0.133. The lowest BCUT2D eigenvalue weighted by atomic mass is 9.51. The van der Waals surface area contributed by atoms with Crippen LogP contribution in [0.25, 0.3) is 0 Å². The number of aliphatic hydroxyl groups is 1. The lowest BCUT2D eigenvalue weighted by Gasteiger charge is -2.54. The zero-order valence-electron chi connectivity index (χ0n) is 11.9. The van der Waals surface area contributed by atoms with Gasteiger partial charge in [-0.05, 0) is 58.3 Å². The summed E-state index contributed by atoms with van der Waals surface area (Å²) in [7, 11) is 0. The molecule has 3 aliphatic rings. The molecule has 0 unspecified atom stereocenters. The Hall–Kier alpha value is -0.560. The summed E-state index contributed by atoms with van der Waals surface area (Å²) in [5.41, 5.74) is 5.37. The Kier molecular flexibility index (Phi) is 2.93. The van der Waals surface area contributed by atoms with Crippen molar-refractivity contribution < 1.29 is 5.11 Å². The molecule has 0 aromatic heterocycles. The van der Waals surface area contributed by atoms with Crippen LogP contribution in [0.1, 0.15) is 65.2 Å². The molecule has 18 heavy (non-hydrogen) atoms. The van der Waals surface area contributed by atoms with E-state index in [1.165, 1.54) is 51.4 Å². The zero-order valence-corrected chi connectivity index (χ0v) is 11.9. The normalized spacial score (nSPS) is 40.1. The number of hydrogen-bond donors (Lipinski definition) is 1. The van der Waals surface area contributed by atoms with Gasteiger partial charge in [0.15, 0.2) is 0 Å². The maximum atomic E-state index is 9.99. The Morgan fingerprint density at radius 3 is 2.78 bits per heavy atom. The molecule has 0 amide bonds. The number of fused-ring (bicyclic) bond motifs is 3. The average molecular weight is 246 g/mol. The van der Waals surface area contributed by atoms with Crippen LogP contribution in [0.15, 0.2) is 22.8 Å². The Morgan fingerprint density at radius 1 is 1.17 bits per heavy atom. The minimum atomic E-state index is 0.133. The highest BCUT2D eigenvalue weighted by Crippen LogP contribution is 2.61. The largest absolute Gasteiger partial charge is 0.395 e. The molecular weight excluding hydrogens is 220 g/mol. The summed E-state index contributed by atoms with van der Waals surface area (Å²) in [6.45, 7) is 5.15. The molecule has 2 atom stereocenters. The predicted molar refractivity (Wildman–Crippen MR) is 75.3 cm³/mol. The minimum Gasteiger partial charge on any atom is -0.395 e. The van der Waals surface area contributed by atoms with E-state index in [4.69, 9.17) is 0 Å². The van der Waals surface area contributed by atoms with Gasteiger partial charge < -0.3 is 5.11 Å². The molecule has 1 fully saturated rings. The molecule has 3 rings (SSSR count). The van der Waals surface area contributed by atoms with Crippen LogP contribution in [-0.4, -0.2) is 11.7 Å². The van der Waals surface area contributed by atoms with Gasteiger partial charge in [0, 0.05) is 10.8 Å². The first kappa shape index (κ1) is 12.5. The van der Waals surface area contributed by atoms with Gasteiger partial charge >= 0.3 is 0 Å². The number of hydrogen-bond acceptors (Lipinski definition) is 1. The predicted octanol–water partition coefficient (Wildman–Crippen LogP) is 4.38. The quantitative estimate of drug-likeness (QED) is 0.681. The maximum Gasteiger partial charge on any atom is 0.0525 e. The Morgan fingerprint density at radius 2 is 2.00 bits per heavy atom. The van der Waals surface area contributed by atoms with Gasteiger partial charge in [0.1, 0.15) is 0 Å². The highest BCUT2D eigenvalue weighted by molar-refractivity contribution is 5.41. The Labute approximate surface area is 111 Å². The number of rotatable bonds is 1. The van der Waals surface area contributed by atoms with E-state index in [0.717, 1.165) is 0 Å². The fourth-order valence-electron chi connectivity index (χ4n) is 4.98. The third-order valence-electron chi connectivity index (χ3n) is 5.94. The molecule has 0 heterocycles. The van der Waals surface area contributed by atoms with Crippen LogP contribution < -0.4 is 0 Å². The Bertz CT molecular complexity index is 417. The molecule has 3 aliphatic carbocycles. The van der Waals surface area contributed by atoms with Gasteiger partial charge in [-0.1, -0.05) is 29.7 Å². The molecular formula is C17H26O. The molecule has 1 N–H and O–H groups in total.